The Hall–Kier alpha value is -2.85. The number of nitrogens with zero attached hydrogens (tertiary/aromatic N) is 2. The lowest BCUT2D eigenvalue weighted by Gasteiger charge is -2.22. The number of para-hydroxylation sites is 1. The molecule has 0 aliphatic heterocycles. The van der Waals surface area contributed by atoms with Gasteiger partial charge in [0, 0.05) is 5.69 Å². The predicted molar refractivity (Wildman–Crippen MR) is 97.8 cm³/mol. The maximum atomic E-state index is 12.3. The number of hydrogen-bond acceptors (Lipinski definition) is 4. The third-order valence-corrected chi connectivity index (χ3v) is 4.75. The number of hydrogen-bond donors (Lipinski definition) is 1. The van der Waals surface area contributed by atoms with E-state index in [-0.39, 0.29) is 11.3 Å². The Balaban J connectivity index is 2.22. The number of aryl methyl sites for hydroxylation is 1. The third-order valence-electron chi connectivity index (χ3n) is 3.63. The minimum atomic E-state index is -3.73. The normalized spacial score (nSPS) is 10.8. The summed E-state index contributed by atoms with van der Waals surface area (Å²) < 4.78 is 25.1. The molecule has 1 amide bonds. The zero-order valence-electron chi connectivity index (χ0n) is 14.1. The first-order valence-electron chi connectivity index (χ1n) is 7.70. The highest BCUT2D eigenvalue weighted by atomic mass is 32.2. The van der Waals surface area contributed by atoms with E-state index in [0.717, 1.165) is 22.5 Å². The molecule has 0 fully saturated rings. The Morgan fingerprint density at radius 1 is 1.16 bits per heavy atom. The van der Waals surface area contributed by atoms with Crippen LogP contribution in [0.2, 0.25) is 0 Å². The molecule has 0 aromatic heterocycles. The highest BCUT2D eigenvalue weighted by Crippen LogP contribution is 2.22. The molecular weight excluding hydrogens is 338 g/mol. The minimum absolute atomic E-state index is 0.184. The second-order valence-corrected chi connectivity index (χ2v) is 7.40. The predicted octanol–water partition coefficient (Wildman–Crippen LogP) is 2.53. The first kappa shape index (κ1) is 18.5. The molecule has 0 bridgehead atoms. The van der Waals surface area contributed by atoms with Crippen molar-refractivity contribution in [2.24, 2.45) is 0 Å². The molecule has 0 aliphatic carbocycles. The van der Waals surface area contributed by atoms with Crippen LogP contribution in [0.25, 0.3) is 0 Å². The summed E-state index contributed by atoms with van der Waals surface area (Å²) in [5.41, 5.74) is 2.10. The van der Waals surface area contributed by atoms with Crippen LogP contribution in [0, 0.1) is 11.3 Å². The standard InChI is InChI=1S/C18H19N3O3S/c1-3-14-8-10-16(11-9-14)20-18(22)13-21(25(2,23)24)17-7-5-4-6-15(17)12-19/h4-11H,3,13H2,1-2H3,(H,20,22). The monoisotopic (exact) mass is 357 g/mol. The van der Waals surface area contributed by atoms with Gasteiger partial charge in [0.25, 0.3) is 0 Å². The topological polar surface area (TPSA) is 90.3 Å². The molecular formula is C18H19N3O3S. The molecule has 0 spiro atoms. The van der Waals surface area contributed by atoms with E-state index in [4.69, 9.17) is 0 Å². The summed E-state index contributed by atoms with van der Waals surface area (Å²) in [7, 11) is -3.73. The molecule has 25 heavy (non-hydrogen) atoms. The van der Waals surface area contributed by atoms with E-state index in [9.17, 15) is 18.5 Å². The lowest BCUT2D eigenvalue weighted by molar-refractivity contribution is -0.114. The molecule has 1 N–H and O–H groups in total. The van der Waals surface area contributed by atoms with E-state index >= 15 is 0 Å². The SMILES string of the molecule is CCc1ccc(NC(=O)CN(c2ccccc2C#N)S(C)(=O)=O)cc1. The fraction of sp³-hybridized carbons (Fsp3) is 0.222. The number of carbonyl (C=O) groups is 1. The van der Waals surface area contributed by atoms with Crippen molar-refractivity contribution in [1.29, 1.82) is 5.26 Å². The number of nitrogens with one attached hydrogen (secondary N) is 1. The van der Waals surface area contributed by atoms with Crippen LogP contribution in [0.3, 0.4) is 0 Å². The smallest absolute Gasteiger partial charge is 0.245 e. The lowest BCUT2D eigenvalue weighted by Crippen LogP contribution is -2.37. The maximum absolute atomic E-state index is 12.3. The molecule has 0 radical (unpaired) electrons. The molecule has 0 saturated carbocycles. The van der Waals surface area contributed by atoms with Gasteiger partial charge in [-0.25, -0.2) is 8.42 Å². The van der Waals surface area contributed by atoms with Crippen LogP contribution in [-0.2, 0) is 21.2 Å². The van der Waals surface area contributed by atoms with Gasteiger partial charge in [0.1, 0.15) is 12.6 Å². The molecule has 7 heteroatoms. The van der Waals surface area contributed by atoms with Gasteiger partial charge in [-0.15, -0.1) is 0 Å². The van der Waals surface area contributed by atoms with Crippen LogP contribution in [0.1, 0.15) is 18.1 Å². The van der Waals surface area contributed by atoms with E-state index in [0.29, 0.717) is 5.69 Å². The molecule has 130 valence electrons. The van der Waals surface area contributed by atoms with Crippen LogP contribution < -0.4 is 9.62 Å². The molecule has 2 rings (SSSR count). The second kappa shape index (κ2) is 7.81. The van der Waals surface area contributed by atoms with Gasteiger partial charge in [-0.1, -0.05) is 31.2 Å². The molecule has 2 aromatic carbocycles. The summed E-state index contributed by atoms with van der Waals surface area (Å²) in [5, 5.41) is 11.9. The van der Waals surface area contributed by atoms with Crippen LogP contribution in [0.5, 0.6) is 0 Å². The number of sulfonamides is 1. The van der Waals surface area contributed by atoms with Gasteiger partial charge in [0.2, 0.25) is 15.9 Å². The summed E-state index contributed by atoms with van der Waals surface area (Å²) in [4.78, 5) is 12.3. The lowest BCUT2D eigenvalue weighted by atomic mass is 10.1. The number of rotatable bonds is 6. The van der Waals surface area contributed by atoms with Gasteiger partial charge in [0.05, 0.1) is 17.5 Å². The van der Waals surface area contributed by atoms with Crippen molar-refractivity contribution in [3.05, 3.63) is 59.7 Å². The highest BCUT2D eigenvalue weighted by Gasteiger charge is 2.23. The van der Waals surface area contributed by atoms with Crippen molar-refractivity contribution in [2.75, 3.05) is 22.4 Å². The van der Waals surface area contributed by atoms with Crippen LogP contribution in [-0.4, -0.2) is 27.1 Å². The van der Waals surface area contributed by atoms with Crippen molar-refractivity contribution in [3.8, 4) is 6.07 Å². The number of benzene rings is 2. The van der Waals surface area contributed by atoms with Crippen LogP contribution in [0.15, 0.2) is 48.5 Å². The molecule has 0 aliphatic rings. The zero-order valence-corrected chi connectivity index (χ0v) is 14.9. The second-order valence-electron chi connectivity index (χ2n) is 5.50. The third kappa shape index (κ3) is 4.81. The maximum Gasteiger partial charge on any atom is 0.245 e. The van der Waals surface area contributed by atoms with E-state index in [1.807, 2.05) is 25.1 Å². The van der Waals surface area contributed by atoms with Crippen molar-refractivity contribution in [3.63, 3.8) is 0 Å². The first-order chi connectivity index (χ1) is 11.8. The quantitative estimate of drug-likeness (QED) is 0.860. The van der Waals surface area contributed by atoms with E-state index in [1.54, 1.807) is 24.3 Å². The average Bonchev–Trinajstić information content (AvgIpc) is 2.59. The highest BCUT2D eigenvalue weighted by molar-refractivity contribution is 7.92. The first-order valence-corrected chi connectivity index (χ1v) is 9.55. The number of carbonyl (C=O) groups excluding carboxylic acids is 1. The Morgan fingerprint density at radius 2 is 1.80 bits per heavy atom. The van der Waals surface area contributed by atoms with E-state index in [1.165, 1.54) is 12.1 Å². The zero-order chi connectivity index (χ0) is 18.4. The molecule has 0 atom stereocenters. The van der Waals surface area contributed by atoms with Crippen molar-refractivity contribution < 1.29 is 13.2 Å². The summed E-state index contributed by atoms with van der Waals surface area (Å²) in [6.07, 6.45) is 1.89. The Labute approximate surface area is 147 Å². The van der Waals surface area contributed by atoms with E-state index in [2.05, 4.69) is 5.32 Å². The van der Waals surface area contributed by atoms with Gasteiger partial charge in [-0.3, -0.25) is 9.10 Å². The Bertz CT molecular complexity index is 900. The van der Waals surface area contributed by atoms with Crippen LogP contribution in [0.4, 0.5) is 11.4 Å². The van der Waals surface area contributed by atoms with Gasteiger partial charge < -0.3 is 5.32 Å². The molecule has 2 aromatic rings. The van der Waals surface area contributed by atoms with Crippen molar-refractivity contribution in [1.82, 2.24) is 0 Å². The fourth-order valence-corrected chi connectivity index (χ4v) is 3.19. The largest absolute Gasteiger partial charge is 0.325 e. The Kier molecular flexibility index (Phi) is 5.78. The van der Waals surface area contributed by atoms with Crippen LogP contribution >= 0.6 is 0 Å². The summed E-state index contributed by atoms with van der Waals surface area (Å²) in [6.45, 7) is 1.62. The summed E-state index contributed by atoms with van der Waals surface area (Å²) in [5.74, 6) is -0.484. The molecule has 0 unspecified atom stereocenters. The Morgan fingerprint density at radius 3 is 2.36 bits per heavy atom. The molecule has 6 nitrogen and oxygen atoms in total. The van der Waals surface area contributed by atoms with Gasteiger partial charge in [0.15, 0.2) is 0 Å². The molecule has 0 saturated heterocycles. The fourth-order valence-electron chi connectivity index (χ4n) is 2.32. The number of nitriles is 1. The van der Waals surface area contributed by atoms with Gasteiger partial charge >= 0.3 is 0 Å². The van der Waals surface area contributed by atoms with E-state index < -0.39 is 22.5 Å². The van der Waals surface area contributed by atoms with Crippen molar-refractivity contribution >= 4 is 27.3 Å². The molecule has 0 heterocycles. The minimum Gasteiger partial charge on any atom is -0.325 e. The number of amides is 1. The average molecular weight is 357 g/mol. The van der Waals surface area contributed by atoms with Crippen molar-refractivity contribution in [2.45, 2.75) is 13.3 Å². The van der Waals surface area contributed by atoms with Gasteiger partial charge in [-0.2, -0.15) is 5.26 Å². The number of anilines is 2. The summed E-state index contributed by atoms with van der Waals surface area (Å²) >= 11 is 0. The summed E-state index contributed by atoms with van der Waals surface area (Å²) in [6, 6.07) is 15.5. The van der Waals surface area contributed by atoms with Gasteiger partial charge in [-0.05, 0) is 36.2 Å².